The molecular formula is C23H48O16. The molecule has 0 aromatic rings. The molecule has 0 aliphatic carbocycles. The molecule has 10 N–H and O–H groups in total. The molecule has 16 nitrogen and oxygen atoms in total. The Balaban J connectivity index is -0.0000000622. The number of hydrogen-bond donors (Lipinski definition) is 10. The monoisotopic (exact) mass is 580 g/mol. The highest BCUT2D eigenvalue weighted by Gasteiger charge is 2.26. The third-order valence-corrected chi connectivity index (χ3v) is 3.16. The van der Waals surface area contributed by atoms with Gasteiger partial charge in [0.15, 0.2) is 0 Å². The Morgan fingerprint density at radius 3 is 0.436 bits per heavy atom. The molecule has 0 saturated carbocycles. The molecule has 0 aromatic heterocycles. The fourth-order valence-corrected chi connectivity index (χ4v) is 0.300. The van der Waals surface area contributed by atoms with Crippen LogP contribution in [0.2, 0.25) is 0 Å². The van der Waals surface area contributed by atoms with Gasteiger partial charge in [-0.15, -0.1) is 0 Å². The minimum absolute atomic E-state index is 0.222. The zero-order valence-corrected chi connectivity index (χ0v) is 23.5. The maximum atomic E-state index is 9.37. The van der Waals surface area contributed by atoms with Crippen LogP contribution in [0.15, 0.2) is 0 Å². The summed E-state index contributed by atoms with van der Waals surface area (Å²) in [6.45, 7) is 7.97. The van der Waals surface area contributed by atoms with Crippen LogP contribution >= 0.6 is 0 Å². The number of carboxylic acids is 6. The lowest BCUT2D eigenvalue weighted by Crippen LogP contribution is -2.37. The Bertz CT molecular complexity index is 475. The van der Waals surface area contributed by atoms with Crippen LogP contribution in [0.5, 0.6) is 0 Å². The number of carboxylic acid groups (broad SMARTS) is 6. The quantitative estimate of drug-likeness (QED) is 0.171. The summed E-state index contributed by atoms with van der Waals surface area (Å²) in [6.07, 6.45) is 1.33. The summed E-state index contributed by atoms with van der Waals surface area (Å²) in [5.41, 5.74) is -1.11. The number of carbonyl (C=O) groups is 6. The maximum absolute atomic E-state index is 9.37. The Labute approximate surface area is 228 Å². The van der Waals surface area contributed by atoms with Crippen molar-refractivity contribution in [2.45, 2.75) is 80.1 Å². The van der Waals surface area contributed by atoms with Crippen molar-refractivity contribution < 1.29 is 79.8 Å². The molecule has 0 bridgehead atoms. The van der Waals surface area contributed by atoms with Gasteiger partial charge in [-0.2, -0.15) is 0 Å². The maximum Gasteiger partial charge on any atom is 0.303 e. The summed E-state index contributed by atoms with van der Waals surface area (Å²) >= 11 is 0. The van der Waals surface area contributed by atoms with E-state index >= 15 is 0 Å². The molecule has 39 heavy (non-hydrogen) atoms. The summed E-state index contributed by atoms with van der Waals surface area (Å²) in [7, 11) is 0. The number of aliphatic hydroxyl groups excluding tert-OH is 4. The average molecular weight is 581 g/mol. The van der Waals surface area contributed by atoms with Gasteiger partial charge < -0.3 is 51.1 Å². The molecule has 0 heterocycles. The van der Waals surface area contributed by atoms with Crippen LogP contribution in [0.1, 0.15) is 80.1 Å². The smallest absolute Gasteiger partial charge is 0.303 e. The van der Waals surface area contributed by atoms with Gasteiger partial charge in [-0.25, -0.2) is 0 Å². The van der Waals surface area contributed by atoms with Gasteiger partial charge in [-0.05, 0) is 0 Å². The fourth-order valence-electron chi connectivity index (χ4n) is 0.300. The highest BCUT2D eigenvalue weighted by atomic mass is 16.4. The summed E-state index contributed by atoms with van der Waals surface area (Å²) in [5.74, 6) is -4.47. The zero-order valence-electron chi connectivity index (χ0n) is 23.5. The van der Waals surface area contributed by atoms with Crippen molar-refractivity contribution in [2.75, 3.05) is 26.4 Å². The lowest BCUT2D eigenvalue weighted by molar-refractivity contribution is -0.137. The molecule has 0 aliphatic rings. The van der Waals surface area contributed by atoms with E-state index in [2.05, 4.69) is 0 Å². The molecule has 0 amide bonds. The van der Waals surface area contributed by atoms with Crippen LogP contribution in [0.4, 0.5) is 0 Å². The van der Waals surface area contributed by atoms with E-state index < -0.39 is 67.7 Å². The lowest BCUT2D eigenvalue weighted by atomic mass is 9.93. The van der Waals surface area contributed by atoms with Crippen LogP contribution in [0.3, 0.4) is 0 Å². The van der Waals surface area contributed by atoms with E-state index in [0.717, 1.165) is 0 Å². The van der Waals surface area contributed by atoms with Gasteiger partial charge in [0.2, 0.25) is 0 Å². The Morgan fingerprint density at radius 1 is 0.359 bits per heavy atom. The van der Waals surface area contributed by atoms with Crippen molar-refractivity contribution >= 4 is 35.8 Å². The molecule has 0 rings (SSSR count). The Kier molecular flexibility index (Phi) is 55.9. The Hall–Kier alpha value is -3.34. The van der Waals surface area contributed by atoms with E-state index in [-0.39, 0.29) is 38.5 Å². The van der Waals surface area contributed by atoms with Crippen molar-refractivity contribution in [3.8, 4) is 0 Å². The van der Waals surface area contributed by atoms with Crippen LogP contribution in [0, 0.1) is 5.41 Å². The first-order chi connectivity index (χ1) is 17.9. The van der Waals surface area contributed by atoms with Gasteiger partial charge in [0, 0.05) is 38.5 Å². The molecule has 0 fully saturated rings. The SMILES string of the molecule is CCC(=O)O.CCC(=O)O.CCC(=O)O.CCC(=O)O.CCC(=O)O.CCC(=O)O.OCC(CO)(CO)CO. The molecule has 0 unspecified atom stereocenters. The predicted octanol–water partition coefficient (Wildman–Crippen LogP) is 0.828. The highest BCUT2D eigenvalue weighted by molar-refractivity contribution is 5.67. The molecule has 0 spiro atoms. The predicted molar refractivity (Wildman–Crippen MR) is 138 cm³/mol. The van der Waals surface area contributed by atoms with Crippen molar-refractivity contribution in [3.63, 3.8) is 0 Å². The molecule has 0 saturated heterocycles. The topological polar surface area (TPSA) is 305 Å². The third-order valence-electron chi connectivity index (χ3n) is 3.16. The van der Waals surface area contributed by atoms with Crippen molar-refractivity contribution in [3.05, 3.63) is 0 Å². The van der Waals surface area contributed by atoms with Gasteiger partial charge in [0.1, 0.15) is 0 Å². The summed E-state index contributed by atoms with van der Waals surface area (Å²) in [4.78, 5) is 56.2. The second kappa shape index (κ2) is 41.8. The first-order valence-electron chi connectivity index (χ1n) is 11.6. The van der Waals surface area contributed by atoms with Crippen LogP contribution in [-0.4, -0.2) is 113 Å². The zero-order chi connectivity index (χ0) is 33.0. The average Bonchev–Trinajstić information content (AvgIpc) is 2.92. The van der Waals surface area contributed by atoms with Crippen LogP contribution < -0.4 is 0 Å². The number of rotatable bonds is 10. The minimum atomic E-state index is -1.11. The molecular weight excluding hydrogens is 532 g/mol. The lowest BCUT2D eigenvalue weighted by Gasteiger charge is -2.23. The van der Waals surface area contributed by atoms with Gasteiger partial charge in [-0.1, -0.05) is 41.5 Å². The van der Waals surface area contributed by atoms with Gasteiger partial charge in [0.25, 0.3) is 0 Å². The summed E-state index contributed by atoms with van der Waals surface area (Å²) in [6, 6.07) is 0. The second-order valence-corrected chi connectivity index (χ2v) is 6.62. The molecule has 0 atom stereocenters. The third kappa shape index (κ3) is 86.6. The standard InChI is InChI=1S/C5H12O4.6C3H6O2/c6-1-5(2-7,3-8)4-9;6*1-2-3(4)5/h6-9H,1-4H2;6*2H2,1H3,(H,4,5). The number of aliphatic hydroxyl groups is 4. The first kappa shape index (κ1) is 52.2. The minimum Gasteiger partial charge on any atom is -0.481 e. The summed E-state index contributed by atoms with van der Waals surface area (Å²) < 4.78 is 0. The highest BCUT2D eigenvalue weighted by Crippen LogP contribution is 2.11. The van der Waals surface area contributed by atoms with Crippen molar-refractivity contribution in [1.29, 1.82) is 0 Å². The fraction of sp³-hybridized carbons (Fsp3) is 0.739. The van der Waals surface area contributed by atoms with Crippen molar-refractivity contribution in [1.82, 2.24) is 0 Å². The van der Waals surface area contributed by atoms with E-state index in [1.54, 1.807) is 41.5 Å². The van der Waals surface area contributed by atoms with E-state index in [9.17, 15) is 28.8 Å². The second-order valence-electron chi connectivity index (χ2n) is 6.62. The molecule has 0 aromatic carbocycles. The van der Waals surface area contributed by atoms with E-state index in [0.29, 0.717) is 0 Å². The van der Waals surface area contributed by atoms with E-state index in [4.69, 9.17) is 51.1 Å². The normalized spacial score (nSPS) is 8.46. The Morgan fingerprint density at radius 2 is 0.436 bits per heavy atom. The van der Waals surface area contributed by atoms with Gasteiger partial charge in [-0.3, -0.25) is 28.8 Å². The number of aliphatic carboxylic acids is 6. The molecule has 0 radical (unpaired) electrons. The number of hydrogen-bond acceptors (Lipinski definition) is 10. The van der Waals surface area contributed by atoms with E-state index in [1.807, 2.05) is 0 Å². The largest absolute Gasteiger partial charge is 0.481 e. The van der Waals surface area contributed by atoms with Gasteiger partial charge in [0.05, 0.1) is 31.8 Å². The van der Waals surface area contributed by atoms with Crippen LogP contribution in [0.25, 0.3) is 0 Å². The molecule has 0 aliphatic heterocycles. The first-order valence-corrected chi connectivity index (χ1v) is 11.6. The van der Waals surface area contributed by atoms with Crippen LogP contribution in [-0.2, 0) is 28.8 Å². The molecule has 16 heteroatoms. The van der Waals surface area contributed by atoms with E-state index in [1.165, 1.54) is 0 Å². The summed E-state index contributed by atoms with van der Waals surface area (Å²) in [5, 5.41) is 80.3. The van der Waals surface area contributed by atoms with Gasteiger partial charge >= 0.3 is 35.8 Å². The molecule has 236 valence electrons. The van der Waals surface area contributed by atoms with Crippen molar-refractivity contribution in [2.24, 2.45) is 5.41 Å².